The van der Waals surface area contributed by atoms with Gasteiger partial charge < -0.3 is 0 Å². The molecular weight excluding hydrogens is 322 g/mol. The van der Waals surface area contributed by atoms with E-state index in [1.54, 1.807) is 0 Å². The Hall–Kier alpha value is 0.380. The van der Waals surface area contributed by atoms with Crippen LogP contribution in [0.3, 0.4) is 0 Å². The molecule has 2 aromatic carbocycles. The molecule has 0 amide bonds. The molecule has 0 spiro atoms. The maximum absolute atomic E-state index is 4.93. The van der Waals surface area contributed by atoms with Gasteiger partial charge in [0, 0.05) is 10.2 Å². The molecule has 0 aliphatic rings. The molecule has 1 radical (unpaired) electrons. The fourth-order valence-corrected chi connectivity index (χ4v) is 0.642. The fourth-order valence-electron chi connectivity index (χ4n) is 0.642. The van der Waals surface area contributed by atoms with Gasteiger partial charge in [0.1, 0.15) is 0 Å². The molecule has 0 heterocycles. The molecule has 0 saturated carbocycles. The average Bonchev–Trinajstić information content (AvgIpc) is 3.01. The molecule has 81 valence electrons. The number of halogens is 2. The largest absolute Gasteiger partial charge is 0.214 e. The first-order valence-corrected chi connectivity index (χ1v) is 12.2. The molecule has 0 aromatic heterocycles. The van der Waals surface area contributed by atoms with Crippen LogP contribution in [-0.4, -0.2) is 10.2 Å². The van der Waals surface area contributed by atoms with E-state index in [0.29, 0.717) is 0 Å². The van der Waals surface area contributed by atoms with Crippen molar-refractivity contribution in [2.45, 2.75) is 6.55 Å². The van der Waals surface area contributed by atoms with E-state index in [1.807, 2.05) is 77.5 Å². The van der Waals surface area contributed by atoms with E-state index in [2.05, 4.69) is 0 Å². The Bertz CT molecular complexity index is 170. The van der Waals surface area contributed by atoms with Gasteiger partial charge in [0.15, 0.2) is 0 Å². The first-order chi connectivity index (χ1) is 7.41. The van der Waals surface area contributed by atoms with E-state index < -0.39 is 20.8 Å². The third kappa shape index (κ3) is 20.5. The zero-order valence-electron chi connectivity index (χ0n) is 8.74. The normalized spacial score (nSPS) is 6.40. The van der Waals surface area contributed by atoms with Gasteiger partial charge in [-0.25, -0.2) is 24.3 Å². The molecule has 0 bridgehead atoms. The van der Waals surface area contributed by atoms with Gasteiger partial charge in [-0.15, -0.1) is 0 Å². The van der Waals surface area contributed by atoms with Gasteiger partial charge in [-0.1, -0.05) is 6.55 Å². The molecule has 4 heteroatoms. The summed E-state index contributed by atoms with van der Waals surface area (Å²) in [5.74, 6) is 0. The number of rotatable bonds is 0. The van der Waals surface area contributed by atoms with Crippen molar-refractivity contribution in [3.05, 3.63) is 60.7 Å². The van der Waals surface area contributed by atoms with Crippen molar-refractivity contribution in [1.29, 1.82) is 0 Å². The second kappa shape index (κ2) is 19.9. The minimum atomic E-state index is -0.826. The van der Waals surface area contributed by atoms with Crippen molar-refractivity contribution in [3.63, 3.8) is 0 Å². The van der Waals surface area contributed by atoms with Crippen molar-refractivity contribution in [2.24, 2.45) is 0 Å². The Morgan fingerprint density at radius 2 is 1.00 bits per heavy atom. The molecule has 0 aliphatic carbocycles. The zero-order valence-corrected chi connectivity index (χ0v) is 14.1. The summed E-state index contributed by atoms with van der Waals surface area (Å²) in [6, 6.07) is 20.0. The van der Waals surface area contributed by atoms with Crippen LogP contribution in [0.15, 0.2) is 60.7 Å². The van der Waals surface area contributed by atoms with Gasteiger partial charge in [0.25, 0.3) is 0 Å². The van der Waals surface area contributed by atoms with Crippen LogP contribution in [0.4, 0.5) is 0 Å². The second-order valence-corrected chi connectivity index (χ2v) is 5.73. The molecule has 0 fully saturated rings. The third-order valence-electron chi connectivity index (χ3n) is 1.11. The minimum Gasteiger partial charge on any atom is -0.214 e. The molecule has 0 unspecified atom stereocenters. The van der Waals surface area contributed by atoms with Crippen LogP contribution in [-0.2, 0) is 20.8 Å². The van der Waals surface area contributed by atoms with Gasteiger partial charge in [-0.05, 0) is 0 Å². The van der Waals surface area contributed by atoms with Crippen molar-refractivity contribution in [3.8, 4) is 0 Å². The monoisotopic (exact) mass is 335 g/mol. The summed E-state index contributed by atoms with van der Waals surface area (Å²) < 4.78 is 0. The molecule has 0 aliphatic heterocycles. The molecule has 2 rings (SSSR count). The summed E-state index contributed by atoms with van der Waals surface area (Å²) in [7, 11) is 11.7. The van der Waals surface area contributed by atoms with Crippen molar-refractivity contribution >= 4 is 27.3 Å². The first-order valence-electron chi connectivity index (χ1n) is 4.42. The van der Waals surface area contributed by atoms with Crippen LogP contribution >= 0.6 is 17.0 Å². The average molecular weight is 337 g/mol. The third-order valence-corrected chi connectivity index (χ3v) is 1.11. The van der Waals surface area contributed by atoms with Gasteiger partial charge in [-0.2, -0.15) is 36.4 Å². The number of hydrogen-bond acceptors (Lipinski definition) is 0. The van der Waals surface area contributed by atoms with Crippen molar-refractivity contribution < 1.29 is 20.8 Å². The zero-order chi connectivity index (χ0) is 11.8. The van der Waals surface area contributed by atoms with Crippen LogP contribution in [0, 0.1) is 0 Å². The van der Waals surface area contributed by atoms with E-state index in [4.69, 9.17) is 17.0 Å². The summed E-state index contributed by atoms with van der Waals surface area (Å²) >= 11 is -0.826. The molecule has 0 atom stereocenters. The predicted molar refractivity (Wildman–Crippen MR) is 70.2 cm³/mol. The molecule has 0 N–H and O–H groups in total. The maximum atomic E-state index is 4.93. The second-order valence-electron chi connectivity index (χ2n) is 2.00. The smallest absolute Gasteiger partial charge is 0.172 e. The summed E-state index contributed by atoms with van der Waals surface area (Å²) in [6.07, 6.45) is 0. The first kappa shape index (κ1) is 17.8. The van der Waals surface area contributed by atoms with E-state index >= 15 is 0 Å². The van der Waals surface area contributed by atoms with Crippen LogP contribution in [0.5, 0.6) is 0 Å². The van der Waals surface area contributed by atoms with Crippen molar-refractivity contribution in [1.82, 2.24) is 0 Å². The number of hydrogen-bond donors (Lipinski definition) is 0. The van der Waals surface area contributed by atoms with E-state index in [1.165, 1.54) is 0 Å². The van der Waals surface area contributed by atoms with Crippen molar-refractivity contribution in [2.75, 3.05) is 0 Å². The van der Waals surface area contributed by atoms with Gasteiger partial charge in [0.05, 0.1) is 0 Å². The maximum Gasteiger partial charge on any atom is -0.172 e. The van der Waals surface area contributed by atoms with E-state index in [9.17, 15) is 0 Å². The van der Waals surface area contributed by atoms with E-state index in [-0.39, 0.29) is 0 Å². The molecule has 0 nitrogen and oxygen atoms in total. The predicted octanol–water partition coefficient (Wildman–Crippen LogP) is 3.86. The van der Waals surface area contributed by atoms with Crippen LogP contribution in [0.2, 0.25) is 6.55 Å². The summed E-state index contributed by atoms with van der Waals surface area (Å²) in [4.78, 5) is 0. The fraction of sp³-hybridized carbons (Fsp3) is 0.0909. The van der Waals surface area contributed by atoms with Gasteiger partial charge in [-0.3, -0.25) is 0 Å². The van der Waals surface area contributed by atoms with E-state index in [0.717, 1.165) is 0 Å². The van der Waals surface area contributed by atoms with Gasteiger partial charge in [0.2, 0.25) is 0 Å². The Morgan fingerprint density at radius 1 is 0.800 bits per heavy atom. The van der Waals surface area contributed by atoms with Crippen LogP contribution in [0.1, 0.15) is 0 Å². The standard InChI is InChI=1S/2C5H5.CH5Si.2ClH.Zr/c2*1-2-4-5-3-1;1-2;;;/h2*1-5H;2H2,1H3;2*1H;/q2*-1;;;;+4/p-2. The quantitative estimate of drug-likeness (QED) is 0.506. The topological polar surface area (TPSA) is 0 Å². The van der Waals surface area contributed by atoms with Crippen LogP contribution < -0.4 is 0 Å². The summed E-state index contributed by atoms with van der Waals surface area (Å²) in [6.45, 7) is 2.03. The summed E-state index contributed by atoms with van der Waals surface area (Å²) in [5.41, 5.74) is 0. The molecule has 15 heavy (non-hydrogen) atoms. The van der Waals surface area contributed by atoms with Gasteiger partial charge >= 0.3 is 37.9 Å². The SMILES string of the molecule is C[SiH2].[Cl][Zr+2][Cl].c1cc[cH-]c1.c1cc[cH-]c1. The Labute approximate surface area is 114 Å². The molecular formula is C11H15Cl2SiZr. The molecule has 2 aromatic rings. The Morgan fingerprint density at radius 3 is 1.07 bits per heavy atom. The summed E-state index contributed by atoms with van der Waals surface area (Å²) in [5, 5.41) is 0. The molecule has 0 saturated heterocycles. The Kier molecular flexibility index (Phi) is 23.5. The van der Waals surface area contributed by atoms with Crippen LogP contribution in [0.25, 0.3) is 0 Å². The Balaban J connectivity index is 0. The minimum absolute atomic E-state index is 0.826.